The molecule has 1 aromatic carbocycles. The zero-order valence-corrected chi connectivity index (χ0v) is 14.6. The molecule has 25 heavy (non-hydrogen) atoms. The lowest BCUT2D eigenvalue weighted by atomic mass is 10.0. The minimum absolute atomic E-state index is 0.675. The summed E-state index contributed by atoms with van der Waals surface area (Å²) in [5.41, 5.74) is 3.44. The summed E-state index contributed by atoms with van der Waals surface area (Å²) in [6.45, 7) is 6.38. The Kier molecular flexibility index (Phi) is 3.20. The second-order valence-electron chi connectivity index (χ2n) is 7.32. The van der Waals surface area contributed by atoms with E-state index in [-0.39, 0.29) is 0 Å². The molecule has 4 heterocycles. The van der Waals surface area contributed by atoms with Crippen molar-refractivity contribution in [1.82, 2.24) is 19.5 Å². The fraction of sp³-hybridized carbons (Fsp3) is 0.421. The van der Waals surface area contributed by atoms with E-state index in [1.54, 1.807) is 6.33 Å². The number of rotatable bonds is 2. The largest absolute Gasteiger partial charge is 0.356 e. The Labute approximate surface area is 147 Å². The maximum Gasteiger partial charge on any atom is 0.206 e. The van der Waals surface area contributed by atoms with Gasteiger partial charge in [0.05, 0.1) is 11.0 Å². The molecular weight excluding hydrogens is 312 g/mol. The van der Waals surface area contributed by atoms with Gasteiger partial charge >= 0.3 is 0 Å². The maximum atomic E-state index is 4.87. The van der Waals surface area contributed by atoms with Crippen molar-refractivity contribution in [2.45, 2.75) is 6.92 Å². The normalized spacial score (nSPS) is 22.8. The molecule has 128 valence electrons. The highest BCUT2D eigenvalue weighted by molar-refractivity contribution is 5.78. The van der Waals surface area contributed by atoms with Crippen LogP contribution in [0.5, 0.6) is 0 Å². The van der Waals surface area contributed by atoms with Gasteiger partial charge in [-0.1, -0.05) is 12.1 Å². The van der Waals surface area contributed by atoms with Crippen LogP contribution in [-0.2, 0) is 7.05 Å². The zero-order valence-electron chi connectivity index (χ0n) is 14.6. The minimum atomic E-state index is 0.675. The topological polar surface area (TPSA) is 50.1 Å². The standard InChI is InChI=1S/C19H22N6/c1-13-7-20-12-21-18(13)24-8-14-10-25(11-15(14)9-24)19-22-16-5-3-4-6-17(16)23(19)2/h3-7,12,14-15H,8-11H2,1-2H3. The van der Waals surface area contributed by atoms with Crippen molar-refractivity contribution in [2.24, 2.45) is 18.9 Å². The first-order valence-electron chi connectivity index (χ1n) is 8.88. The lowest BCUT2D eigenvalue weighted by molar-refractivity contribution is 0.533. The summed E-state index contributed by atoms with van der Waals surface area (Å²) in [7, 11) is 2.12. The lowest BCUT2D eigenvalue weighted by Gasteiger charge is -2.23. The van der Waals surface area contributed by atoms with E-state index < -0.39 is 0 Å². The van der Waals surface area contributed by atoms with Crippen molar-refractivity contribution in [1.29, 1.82) is 0 Å². The highest BCUT2D eigenvalue weighted by atomic mass is 15.3. The van der Waals surface area contributed by atoms with Crippen LogP contribution in [0.15, 0.2) is 36.8 Å². The predicted octanol–water partition coefficient (Wildman–Crippen LogP) is 2.24. The summed E-state index contributed by atoms with van der Waals surface area (Å²) >= 11 is 0. The van der Waals surface area contributed by atoms with E-state index in [1.807, 2.05) is 6.20 Å². The molecule has 0 N–H and O–H groups in total. The van der Waals surface area contributed by atoms with Gasteiger partial charge in [0.2, 0.25) is 5.95 Å². The number of aryl methyl sites for hydroxylation is 2. The first-order chi connectivity index (χ1) is 12.2. The molecule has 2 saturated heterocycles. The lowest BCUT2D eigenvalue weighted by Crippen LogP contribution is -2.30. The van der Waals surface area contributed by atoms with Gasteiger partial charge in [-0.25, -0.2) is 15.0 Å². The van der Waals surface area contributed by atoms with E-state index in [1.165, 1.54) is 5.52 Å². The average Bonchev–Trinajstić information content (AvgIpc) is 3.27. The molecule has 6 nitrogen and oxygen atoms in total. The van der Waals surface area contributed by atoms with E-state index in [9.17, 15) is 0 Å². The third kappa shape index (κ3) is 2.27. The van der Waals surface area contributed by atoms with Gasteiger partial charge in [-0.15, -0.1) is 0 Å². The second-order valence-corrected chi connectivity index (χ2v) is 7.32. The van der Waals surface area contributed by atoms with Crippen molar-refractivity contribution in [3.05, 3.63) is 42.4 Å². The van der Waals surface area contributed by atoms with E-state index in [4.69, 9.17) is 4.98 Å². The van der Waals surface area contributed by atoms with Crippen LogP contribution in [-0.4, -0.2) is 45.7 Å². The molecular formula is C19H22N6. The molecule has 2 aliphatic rings. The Morgan fingerprint density at radius 3 is 2.44 bits per heavy atom. The Morgan fingerprint density at radius 2 is 1.72 bits per heavy atom. The predicted molar refractivity (Wildman–Crippen MR) is 98.9 cm³/mol. The molecule has 3 aromatic rings. The Bertz CT molecular complexity index is 919. The van der Waals surface area contributed by atoms with E-state index in [0.717, 1.165) is 49.0 Å². The number of hydrogen-bond donors (Lipinski definition) is 0. The van der Waals surface area contributed by atoms with Crippen molar-refractivity contribution in [2.75, 3.05) is 36.0 Å². The van der Waals surface area contributed by atoms with Crippen LogP contribution >= 0.6 is 0 Å². The van der Waals surface area contributed by atoms with Crippen LogP contribution < -0.4 is 9.80 Å². The SMILES string of the molecule is Cc1cncnc1N1CC2CN(c3nc4ccccc4n3C)CC2C1. The van der Waals surface area contributed by atoms with Gasteiger partial charge in [0.25, 0.3) is 0 Å². The van der Waals surface area contributed by atoms with Gasteiger partial charge in [-0.2, -0.15) is 0 Å². The fourth-order valence-corrected chi connectivity index (χ4v) is 4.47. The third-order valence-electron chi connectivity index (χ3n) is 5.70. The molecule has 2 fully saturated rings. The maximum absolute atomic E-state index is 4.87. The summed E-state index contributed by atoms with van der Waals surface area (Å²) in [4.78, 5) is 18.4. The number of para-hydroxylation sites is 2. The van der Waals surface area contributed by atoms with Crippen LogP contribution in [0.3, 0.4) is 0 Å². The molecule has 5 rings (SSSR count). The summed E-state index contributed by atoms with van der Waals surface area (Å²) in [6, 6.07) is 8.37. The third-order valence-corrected chi connectivity index (χ3v) is 5.70. The summed E-state index contributed by atoms with van der Waals surface area (Å²) in [5.74, 6) is 3.54. The summed E-state index contributed by atoms with van der Waals surface area (Å²) in [5, 5.41) is 0. The molecule has 6 heteroatoms. The van der Waals surface area contributed by atoms with Crippen molar-refractivity contribution in [3.8, 4) is 0 Å². The average molecular weight is 334 g/mol. The molecule has 0 radical (unpaired) electrons. The molecule has 0 saturated carbocycles. The molecule has 0 spiro atoms. The van der Waals surface area contributed by atoms with Gasteiger partial charge in [0.1, 0.15) is 12.1 Å². The fourth-order valence-electron chi connectivity index (χ4n) is 4.47. The Hall–Kier alpha value is -2.63. The van der Waals surface area contributed by atoms with Gasteiger partial charge in [0.15, 0.2) is 0 Å². The quantitative estimate of drug-likeness (QED) is 0.719. The Balaban J connectivity index is 1.37. The van der Waals surface area contributed by atoms with E-state index >= 15 is 0 Å². The van der Waals surface area contributed by atoms with Crippen molar-refractivity contribution in [3.63, 3.8) is 0 Å². The molecule has 0 bridgehead atoms. The van der Waals surface area contributed by atoms with E-state index in [2.05, 4.69) is 62.6 Å². The molecule has 2 aromatic heterocycles. The van der Waals surface area contributed by atoms with Crippen molar-refractivity contribution >= 4 is 22.8 Å². The number of fused-ring (bicyclic) bond motifs is 2. The molecule has 2 atom stereocenters. The van der Waals surface area contributed by atoms with Gasteiger partial charge in [0, 0.05) is 56.8 Å². The van der Waals surface area contributed by atoms with Crippen molar-refractivity contribution < 1.29 is 0 Å². The van der Waals surface area contributed by atoms with Gasteiger partial charge in [-0.3, -0.25) is 0 Å². The Morgan fingerprint density at radius 1 is 1.00 bits per heavy atom. The second kappa shape index (κ2) is 5.44. The van der Waals surface area contributed by atoms with E-state index in [0.29, 0.717) is 11.8 Å². The number of hydrogen-bond acceptors (Lipinski definition) is 5. The minimum Gasteiger partial charge on any atom is -0.356 e. The van der Waals surface area contributed by atoms with Gasteiger partial charge < -0.3 is 14.4 Å². The van der Waals surface area contributed by atoms with Crippen LogP contribution in [0.4, 0.5) is 11.8 Å². The van der Waals surface area contributed by atoms with Gasteiger partial charge in [-0.05, 0) is 19.1 Å². The summed E-state index contributed by atoms with van der Waals surface area (Å²) in [6.07, 6.45) is 3.56. The van der Waals surface area contributed by atoms with Crippen LogP contribution in [0.1, 0.15) is 5.56 Å². The summed E-state index contributed by atoms with van der Waals surface area (Å²) < 4.78 is 2.22. The molecule has 0 amide bonds. The number of aromatic nitrogens is 4. The molecule has 2 aliphatic heterocycles. The molecule has 0 aliphatic carbocycles. The van der Waals surface area contributed by atoms with Crippen LogP contribution in [0.25, 0.3) is 11.0 Å². The monoisotopic (exact) mass is 334 g/mol. The first kappa shape index (κ1) is 14.7. The molecule has 2 unspecified atom stereocenters. The number of imidazole rings is 1. The van der Waals surface area contributed by atoms with Crippen LogP contribution in [0, 0.1) is 18.8 Å². The smallest absolute Gasteiger partial charge is 0.206 e. The first-order valence-corrected chi connectivity index (χ1v) is 8.88. The number of nitrogens with zero attached hydrogens (tertiary/aromatic N) is 6. The number of anilines is 2. The highest BCUT2D eigenvalue weighted by Gasteiger charge is 2.41. The zero-order chi connectivity index (χ0) is 17.0. The van der Waals surface area contributed by atoms with Crippen LogP contribution in [0.2, 0.25) is 0 Å². The highest BCUT2D eigenvalue weighted by Crippen LogP contribution is 2.36. The number of benzene rings is 1.